The van der Waals surface area contributed by atoms with Gasteiger partial charge in [0, 0.05) is 0 Å². The molecular weight excluding hydrogens is 364 g/mol. The number of nitrogens with zero attached hydrogens (tertiary/aromatic N) is 2. The molecule has 0 radical (unpaired) electrons. The first-order valence-corrected chi connectivity index (χ1v) is 10.0. The molecule has 2 aromatic carbocycles. The van der Waals surface area contributed by atoms with Gasteiger partial charge in [0.05, 0.1) is 30.0 Å². The Hall–Kier alpha value is -2.99. The van der Waals surface area contributed by atoms with E-state index in [1.807, 2.05) is 30.1 Å². The maximum Gasteiger partial charge on any atom is 0.258 e. The average Bonchev–Trinajstić information content (AvgIpc) is 3.52. The monoisotopic (exact) mass is 390 g/mol. The number of aryl methyl sites for hydroxylation is 1. The molecule has 1 amide bonds. The van der Waals surface area contributed by atoms with Gasteiger partial charge in [0.15, 0.2) is 0 Å². The van der Waals surface area contributed by atoms with Gasteiger partial charge < -0.3 is 10.3 Å². The van der Waals surface area contributed by atoms with Gasteiger partial charge in [-0.2, -0.15) is 0 Å². The first kappa shape index (κ1) is 19.3. The molecule has 3 aromatic rings. The Morgan fingerprint density at radius 3 is 2.66 bits per heavy atom. The van der Waals surface area contributed by atoms with Crippen LogP contribution < -0.4 is 10.9 Å². The van der Waals surface area contributed by atoms with Crippen LogP contribution >= 0.6 is 0 Å². The maximum atomic E-state index is 12.7. The molecule has 6 nitrogen and oxygen atoms in total. The van der Waals surface area contributed by atoms with Crippen molar-refractivity contribution in [3.8, 4) is 0 Å². The lowest BCUT2D eigenvalue weighted by molar-refractivity contribution is -0.123. The highest BCUT2D eigenvalue weighted by atomic mass is 16.2. The van der Waals surface area contributed by atoms with Crippen LogP contribution in [0.4, 0.5) is 0 Å². The Kier molecular flexibility index (Phi) is 5.45. The number of fused-ring (bicyclic) bond motifs is 1. The largest absolute Gasteiger partial charge is 0.348 e. The van der Waals surface area contributed by atoms with Gasteiger partial charge in [-0.3, -0.25) is 14.5 Å². The predicted octanol–water partition coefficient (Wildman–Crippen LogP) is 2.93. The number of H-pyrrole nitrogens is 1. The predicted molar refractivity (Wildman–Crippen MR) is 113 cm³/mol. The molecule has 0 aliphatic heterocycles. The Morgan fingerprint density at radius 2 is 1.93 bits per heavy atom. The third kappa shape index (κ3) is 4.71. The quantitative estimate of drug-likeness (QED) is 0.650. The molecule has 1 aromatic heterocycles. The van der Waals surface area contributed by atoms with Crippen molar-refractivity contribution < 1.29 is 4.79 Å². The summed E-state index contributed by atoms with van der Waals surface area (Å²) in [5.74, 6) is 1.06. The highest BCUT2D eigenvalue weighted by Crippen LogP contribution is 2.41. The molecule has 4 rings (SSSR count). The molecular formula is C23H26N4O2. The van der Waals surface area contributed by atoms with Crippen molar-refractivity contribution >= 4 is 16.8 Å². The first-order chi connectivity index (χ1) is 14.0. The Balaban J connectivity index is 1.40. The number of benzene rings is 2. The van der Waals surface area contributed by atoms with Gasteiger partial charge in [-0.1, -0.05) is 42.0 Å². The zero-order chi connectivity index (χ0) is 20.4. The van der Waals surface area contributed by atoms with Crippen LogP contribution in [0.1, 0.15) is 35.8 Å². The molecule has 1 fully saturated rings. The summed E-state index contributed by atoms with van der Waals surface area (Å²) in [6.07, 6.45) is 2.30. The van der Waals surface area contributed by atoms with Crippen molar-refractivity contribution in [1.82, 2.24) is 20.2 Å². The molecule has 1 heterocycles. The van der Waals surface area contributed by atoms with Crippen molar-refractivity contribution in [3.63, 3.8) is 0 Å². The number of nitrogens with one attached hydrogen (secondary N) is 2. The van der Waals surface area contributed by atoms with Gasteiger partial charge in [0.25, 0.3) is 5.56 Å². The molecule has 2 N–H and O–H groups in total. The molecule has 0 spiro atoms. The summed E-state index contributed by atoms with van der Waals surface area (Å²) in [5.41, 5.74) is 2.88. The molecule has 1 aliphatic rings. The van der Waals surface area contributed by atoms with E-state index in [4.69, 9.17) is 0 Å². The summed E-state index contributed by atoms with van der Waals surface area (Å²) in [6.45, 7) is 2.70. The summed E-state index contributed by atoms with van der Waals surface area (Å²) in [4.78, 5) is 34.1. The third-order valence-electron chi connectivity index (χ3n) is 5.34. The van der Waals surface area contributed by atoms with Crippen LogP contribution in [0.25, 0.3) is 10.9 Å². The molecule has 1 atom stereocenters. The number of likely N-dealkylation sites (N-methyl/N-ethyl adjacent to an activating group) is 1. The fraction of sp³-hybridized carbons (Fsp3) is 0.348. The number of para-hydroxylation sites is 1. The second kappa shape index (κ2) is 8.17. The molecule has 29 heavy (non-hydrogen) atoms. The zero-order valence-electron chi connectivity index (χ0n) is 16.8. The van der Waals surface area contributed by atoms with Gasteiger partial charge in [-0.15, -0.1) is 0 Å². The summed E-state index contributed by atoms with van der Waals surface area (Å²) < 4.78 is 0. The van der Waals surface area contributed by atoms with E-state index in [-0.39, 0.29) is 24.1 Å². The third-order valence-corrected chi connectivity index (χ3v) is 5.34. The molecule has 150 valence electrons. The van der Waals surface area contributed by atoms with E-state index < -0.39 is 0 Å². The van der Waals surface area contributed by atoms with Crippen LogP contribution in [0, 0.1) is 12.8 Å². The molecule has 1 saturated carbocycles. The Morgan fingerprint density at radius 1 is 1.21 bits per heavy atom. The zero-order valence-corrected chi connectivity index (χ0v) is 16.8. The van der Waals surface area contributed by atoms with E-state index in [1.54, 1.807) is 6.07 Å². The van der Waals surface area contributed by atoms with Crippen LogP contribution in [0.15, 0.2) is 53.3 Å². The number of aromatic amines is 1. The normalized spacial score (nSPS) is 14.9. The smallest absolute Gasteiger partial charge is 0.258 e. The standard InChI is InChI=1S/C23H26N4O2/c1-15-7-9-16(10-8-15)22(17-11-12-17)26-21(28)14-27(2)13-20-24-19-6-4-3-5-18(19)23(29)25-20/h3-10,17,22H,11-14H2,1-2H3,(H,26,28)(H,24,25,29)/t22-/m0/s1. The SMILES string of the molecule is Cc1ccc([C@H](NC(=O)CN(C)Cc2nc3ccccc3c(=O)[nH]2)C2CC2)cc1. The summed E-state index contributed by atoms with van der Waals surface area (Å²) >= 11 is 0. The van der Waals surface area contributed by atoms with E-state index in [0.29, 0.717) is 29.2 Å². The minimum Gasteiger partial charge on any atom is -0.348 e. The average molecular weight is 390 g/mol. The van der Waals surface area contributed by atoms with Gasteiger partial charge >= 0.3 is 0 Å². The topological polar surface area (TPSA) is 78.1 Å². The van der Waals surface area contributed by atoms with Crippen LogP contribution in [0.3, 0.4) is 0 Å². The van der Waals surface area contributed by atoms with Crippen molar-refractivity contribution in [2.24, 2.45) is 5.92 Å². The Bertz CT molecular complexity index is 1070. The number of hydrogen-bond acceptors (Lipinski definition) is 4. The number of amides is 1. The fourth-order valence-corrected chi connectivity index (χ4v) is 3.66. The highest BCUT2D eigenvalue weighted by Gasteiger charge is 2.33. The number of carbonyl (C=O) groups is 1. The van der Waals surface area contributed by atoms with E-state index >= 15 is 0 Å². The number of aromatic nitrogens is 2. The fourth-order valence-electron chi connectivity index (χ4n) is 3.66. The van der Waals surface area contributed by atoms with Gasteiger partial charge in [-0.05, 0) is 50.4 Å². The molecule has 1 aliphatic carbocycles. The van der Waals surface area contributed by atoms with Crippen molar-refractivity contribution in [1.29, 1.82) is 0 Å². The maximum absolute atomic E-state index is 12.7. The van der Waals surface area contributed by atoms with E-state index in [0.717, 1.165) is 18.4 Å². The van der Waals surface area contributed by atoms with Gasteiger partial charge in [0.2, 0.25) is 5.91 Å². The number of rotatable bonds is 7. The molecule has 0 saturated heterocycles. The minimum atomic E-state index is -0.156. The summed E-state index contributed by atoms with van der Waals surface area (Å²) in [5, 5.41) is 3.77. The lowest BCUT2D eigenvalue weighted by Gasteiger charge is -2.22. The van der Waals surface area contributed by atoms with Crippen molar-refractivity contribution in [2.75, 3.05) is 13.6 Å². The van der Waals surface area contributed by atoms with Gasteiger partial charge in [0.1, 0.15) is 5.82 Å². The van der Waals surface area contributed by atoms with Gasteiger partial charge in [-0.25, -0.2) is 4.98 Å². The van der Waals surface area contributed by atoms with Crippen molar-refractivity contribution in [3.05, 3.63) is 75.8 Å². The van der Waals surface area contributed by atoms with Crippen molar-refractivity contribution in [2.45, 2.75) is 32.4 Å². The summed E-state index contributed by atoms with van der Waals surface area (Å²) in [7, 11) is 1.85. The van der Waals surface area contributed by atoms with E-state index in [9.17, 15) is 9.59 Å². The molecule has 6 heteroatoms. The second-order valence-electron chi connectivity index (χ2n) is 8.00. The lowest BCUT2D eigenvalue weighted by Crippen LogP contribution is -2.38. The minimum absolute atomic E-state index is 0.0203. The lowest BCUT2D eigenvalue weighted by atomic mass is 10.0. The van der Waals surface area contributed by atoms with Crippen LogP contribution in [0.5, 0.6) is 0 Å². The van der Waals surface area contributed by atoms with Crippen LogP contribution in [-0.2, 0) is 11.3 Å². The second-order valence-corrected chi connectivity index (χ2v) is 8.00. The summed E-state index contributed by atoms with van der Waals surface area (Å²) in [6, 6.07) is 15.7. The van der Waals surface area contributed by atoms with E-state index in [1.165, 1.54) is 5.56 Å². The van der Waals surface area contributed by atoms with Crippen LogP contribution in [0.2, 0.25) is 0 Å². The van der Waals surface area contributed by atoms with E-state index in [2.05, 4.69) is 46.5 Å². The number of hydrogen-bond donors (Lipinski definition) is 2. The van der Waals surface area contributed by atoms with Crippen LogP contribution in [-0.4, -0.2) is 34.4 Å². The molecule has 0 bridgehead atoms. The number of carbonyl (C=O) groups excluding carboxylic acids is 1. The highest BCUT2D eigenvalue weighted by molar-refractivity contribution is 5.79. The molecule has 0 unspecified atom stereocenters. The Labute approximate surface area is 170 Å². The first-order valence-electron chi connectivity index (χ1n) is 10.0.